The number of hydrogen-bond acceptors (Lipinski definition) is 5. The Bertz CT molecular complexity index is 800. The van der Waals surface area contributed by atoms with Crippen molar-refractivity contribution >= 4 is 56.6 Å². The molecular formula is C14H13N3OS3. The number of hydrogen-bond donors (Lipinski definition) is 0. The van der Waals surface area contributed by atoms with Gasteiger partial charge in [-0.3, -0.25) is 14.1 Å². The molecule has 0 bridgehead atoms. The van der Waals surface area contributed by atoms with Gasteiger partial charge in [0.25, 0.3) is 5.91 Å². The summed E-state index contributed by atoms with van der Waals surface area (Å²) in [6, 6.07) is 0. The number of thiocarbonyl (C=S) groups is 1. The Morgan fingerprint density at radius 3 is 2.95 bits per heavy atom. The molecule has 1 saturated heterocycles. The monoisotopic (exact) mass is 335 g/mol. The number of nitrogens with zero attached hydrogens (tertiary/aromatic N) is 3. The van der Waals surface area contributed by atoms with Crippen molar-refractivity contribution in [2.24, 2.45) is 0 Å². The van der Waals surface area contributed by atoms with Gasteiger partial charge in [-0.1, -0.05) is 30.1 Å². The van der Waals surface area contributed by atoms with Gasteiger partial charge in [-0.2, -0.15) is 0 Å². The highest BCUT2D eigenvalue weighted by atomic mass is 32.2. The van der Waals surface area contributed by atoms with E-state index in [1.54, 1.807) is 22.3 Å². The van der Waals surface area contributed by atoms with Gasteiger partial charge >= 0.3 is 0 Å². The standard InChI is InChI=1S/C14H13N3OS3/c1-4-5-16-12(18)11(21-14(16)19)6-10-9(3)15-13-17(10)7-8(2)20-13/h4,6-7H,1,5H2,2-3H3/b11-6-. The van der Waals surface area contributed by atoms with E-state index >= 15 is 0 Å². The fourth-order valence-electron chi connectivity index (χ4n) is 2.17. The number of amides is 1. The van der Waals surface area contributed by atoms with Crippen molar-refractivity contribution < 1.29 is 4.79 Å². The molecule has 0 aliphatic carbocycles. The summed E-state index contributed by atoms with van der Waals surface area (Å²) in [6.45, 7) is 8.09. The molecule has 1 amide bonds. The summed E-state index contributed by atoms with van der Waals surface area (Å²) < 4.78 is 2.60. The van der Waals surface area contributed by atoms with Gasteiger partial charge < -0.3 is 0 Å². The van der Waals surface area contributed by atoms with Gasteiger partial charge in [0, 0.05) is 17.6 Å². The van der Waals surface area contributed by atoms with Crippen molar-refractivity contribution in [1.82, 2.24) is 14.3 Å². The minimum atomic E-state index is -0.0637. The smallest absolute Gasteiger partial charge is 0.266 e. The molecule has 1 aliphatic rings. The number of imidazole rings is 1. The SMILES string of the molecule is C=CCN1C(=O)/C(=C/c2c(C)nc3sc(C)cn23)SC1=S. The number of fused-ring (bicyclic) bond motifs is 1. The molecule has 4 nitrogen and oxygen atoms in total. The Morgan fingerprint density at radius 1 is 1.48 bits per heavy atom. The lowest BCUT2D eigenvalue weighted by Crippen LogP contribution is -2.27. The number of rotatable bonds is 3. The first-order valence-corrected chi connectivity index (χ1v) is 8.36. The summed E-state index contributed by atoms with van der Waals surface area (Å²) in [6.07, 6.45) is 5.60. The van der Waals surface area contributed by atoms with Gasteiger partial charge in [-0.05, 0) is 19.9 Å². The van der Waals surface area contributed by atoms with Crippen molar-refractivity contribution in [2.75, 3.05) is 6.54 Å². The largest absolute Gasteiger partial charge is 0.290 e. The van der Waals surface area contributed by atoms with E-state index in [9.17, 15) is 4.79 Å². The lowest BCUT2D eigenvalue weighted by atomic mass is 10.3. The second-order valence-corrected chi connectivity index (χ2v) is 7.55. The van der Waals surface area contributed by atoms with Gasteiger partial charge in [0.15, 0.2) is 4.96 Å². The van der Waals surface area contributed by atoms with Crippen LogP contribution in [0.3, 0.4) is 0 Å². The third-order valence-corrected chi connectivity index (χ3v) is 5.39. The first-order chi connectivity index (χ1) is 10.0. The highest BCUT2D eigenvalue weighted by Crippen LogP contribution is 2.33. The molecule has 0 spiro atoms. The Morgan fingerprint density at radius 2 is 2.24 bits per heavy atom. The maximum atomic E-state index is 12.4. The highest BCUT2D eigenvalue weighted by molar-refractivity contribution is 8.26. The van der Waals surface area contributed by atoms with Crippen LogP contribution in [0.25, 0.3) is 11.0 Å². The van der Waals surface area contributed by atoms with Crippen LogP contribution < -0.4 is 0 Å². The van der Waals surface area contributed by atoms with E-state index in [1.165, 1.54) is 16.6 Å². The number of thiazole rings is 1. The summed E-state index contributed by atoms with van der Waals surface area (Å²) in [4.78, 5) is 21.2. The number of aryl methyl sites for hydroxylation is 2. The molecule has 0 radical (unpaired) electrons. The van der Waals surface area contributed by atoms with E-state index in [-0.39, 0.29) is 5.91 Å². The molecule has 2 aromatic rings. The van der Waals surface area contributed by atoms with Gasteiger partial charge in [-0.15, -0.1) is 17.9 Å². The molecule has 0 aromatic carbocycles. The Hall–Kier alpha value is -1.44. The van der Waals surface area contributed by atoms with Crippen LogP contribution in [0.5, 0.6) is 0 Å². The van der Waals surface area contributed by atoms with Crippen LogP contribution in [0.2, 0.25) is 0 Å². The third kappa shape index (κ3) is 2.45. The van der Waals surface area contributed by atoms with E-state index in [4.69, 9.17) is 12.2 Å². The maximum Gasteiger partial charge on any atom is 0.266 e. The fourth-order valence-corrected chi connectivity index (χ4v) is 4.29. The van der Waals surface area contributed by atoms with Crippen molar-refractivity contribution in [3.05, 3.63) is 40.0 Å². The predicted molar refractivity (Wildman–Crippen MR) is 92.6 cm³/mol. The van der Waals surface area contributed by atoms with Crippen LogP contribution in [-0.4, -0.2) is 31.1 Å². The van der Waals surface area contributed by atoms with Crippen LogP contribution in [0.1, 0.15) is 16.3 Å². The number of carbonyl (C=O) groups is 1. The summed E-state index contributed by atoms with van der Waals surface area (Å²) in [5.41, 5.74) is 1.85. The molecule has 0 saturated carbocycles. The molecule has 3 rings (SSSR count). The average molecular weight is 335 g/mol. The first-order valence-electron chi connectivity index (χ1n) is 6.32. The molecule has 7 heteroatoms. The van der Waals surface area contributed by atoms with Crippen LogP contribution in [0.15, 0.2) is 23.8 Å². The van der Waals surface area contributed by atoms with Gasteiger partial charge in [0.2, 0.25) is 0 Å². The third-order valence-electron chi connectivity index (χ3n) is 3.12. The van der Waals surface area contributed by atoms with Crippen LogP contribution >= 0.6 is 35.3 Å². The van der Waals surface area contributed by atoms with Crippen molar-refractivity contribution in [3.63, 3.8) is 0 Å². The zero-order valence-corrected chi connectivity index (χ0v) is 14.1. The number of thioether (sulfide) groups is 1. The van der Waals surface area contributed by atoms with Crippen molar-refractivity contribution in [1.29, 1.82) is 0 Å². The van der Waals surface area contributed by atoms with E-state index < -0.39 is 0 Å². The minimum absolute atomic E-state index is 0.0637. The molecule has 0 unspecified atom stereocenters. The van der Waals surface area contributed by atoms with Crippen molar-refractivity contribution in [3.8, 4) is 0 Å². The summed E-state index contributed by atoms with van der Waals surface area (Å²) >= 11 is 8.21. The van der Waals surface area contributed by atoms with Gasteiger partial charge in [-0.25, -0.2) is 4.98 Å². The molecular weight excluding hydrogens is 322 g/mol. The second-order valence-electron chi connectivity index (χ2n) is 4.66. The first kappa shape index (κ1) is 14.5. The van der Waals surface area contributed by atoms with E-state index in [0.717, 1.165) is 16.3 Å². The predicted octanol–water partition coefficient (Wildman–Crippen LogP) is 3.40. The minimum Gasteiger partial charge on any atom is -0.290 e. The molecule has 3 heterocycles. The normalized spacial score (nSPS) is 17.4. The Kier molecular flexibility index (Phi) is 3.73. The zero-order valence-electron chi connectivity index (χ0n) is 11.6. The van der Waals surface area contributed by atoms with E-state index in [0.29, 0.717) is 15.8 Å². The molecule has 21 heavy (non-hydrogen) atoms. The Labute approximate surface area is 136 Å². The van der Waals surface area contributed by atoms with Crippen molar-refractivity contribution in [2.45, 2.75) is 13.8 Å². The fraction of sp³-hybridized carbons (Fsp3) is 0.214. The second kappa shape index (κ2) is 5.40. The molecule has 1 aliphatic heterocycles. The topological polar surface area (TPSA) is 37.6 Å². The highest BCUT2D eigenvalue weighted by Gasteiger charge is 2.31. The van der Waals surface area contributed by atoms with Gasteiger partial charge in [0.05, 0.1) is 16.3 Å². The van der Waals surface area contributed by atoms with Crippen LogP contribution in [0.4, 0.5) is 0 Å². The molecule has 1 fully saturated rings. The molecule has 0 N–H and O–H groups in total. The summed E-state index contributed by atoms with van der Waals surface area (Å²) in [7, 11) is 0. The number of aromatic nitrogens is 2. The van der Waals surface area contributed by atoms with Crippen LogP contribution in [-0.2, 0) is 4.79 Å². The van der Waals surface area contributed by atoms with Crippen LogP contribution in [0, 0.1) is 13.8 Å². The molecule has 108 valence electrons. The lowest BCUT2D eigenvalue weighted by Gasteiger charge is -2.10. The quantitative estimate of drug-likeness (QED) is 0.489. The van der Waals surface area contributed by atoms with E-state index in [1.807, 2.05) is 30.5 Å². The lowest BCUT2D eigenvalue weighted by molar-refractivity contribution is -0.121. The molecule has 0 atom stereocenters. The molecule has 2 aromatic heterocycles. The number of carbonyl (C=O) groups excluding carboxylic acids is 1. The summed E-state index contributed by atoms with van der Waals surface area (Å²) in [5, 5.41) is 0. The summed E-state index contributed by atoms with van der Waals surface area (Å²) in [5.74, 6) is -0.0637. The van der Waals surface area contributed by atoms with E-state index in [2.05, 4.69) is 11.6 Å². The average Bonchev–Trinajstić information content (AvgIpc) is 2.99. The zero-order chi connectivity index (χ0) is 15.1. The Balaban J connectivity index is 2.04. The van der Waals surface area contributed by atoms with Gasteiger partial charge in [0.1, 0.15) is 4.32 Å². The maximum absolute atomic E-state index is 12.4.